The third-order valence-corrected chi connectivity index (χ3v) is 4.07. The van der Waals surface area contributed by atoms with Crippen LogP contribution in [0.3, 0.4) is 0 Å². The molecule has 0 amide bonds. The van der Waals surface area contributed by atoms with Crippen LogP contribution in [0.2, 0.25) is 0 Å². The first-order valence-electron chi connectivity index (χ1n) is 7.74. The average molecular weight is 307 g/mol. The SMILES string of the molecule is CCOc1ccc(NC(=S)NCC2CCCN2CC)cc1. The Balaban J connectivity index is 1.76. The van der Waals surface area contributed by atoms with Gasteiger partial charge in [-0.05, 0) is 69.3 Å². The van der Waals surface area contributed by atoms with Crippen LogP contribution >= 0.6 is 12.2 Å². The molecular weight excluding hydrogens is 282 g/mol. The minimum Gasteiger partial charge on any atom is -0.494 e. The number of hydrogen-bond acceptors (Lipinski definition) is 3. The number of anilines is 1. The van der Waals surface area contributed by atoms with Crippen molar-refractivity contribution in [3.05, 3.63) is 24.3 Å². The van der Waals surface area contributed by atoms with E-state index in [1.807, 2.05) is 31.2 Å². The summed E-state index contributed by atoms with van der Waals surface area (Å²) < 4.78 is 5.42. The van der Waals surface area contributed by atoms with Gasteiger partial charge >= 0.3 is 0 Å². The van der Waals surface area contributed by atoms with Crippen molar-refractivity contribution in [3.8, 4) is 5.75 Å². The quantitative estimate of drug-likeness (QED) is 0.790. The van der Waals surface area contributed by atoms with Crippen LogP contribution in [0.4, 0.5) is 5.69 Å². The number of nitrogens with zero attached hydrogens (tertiary/aromatic N) is 1. The van der Waals surface area contributed by atoms with Gasteiger partial charge in [-0.2, -0.15) is 0 Å². The maximum atomic E-state index is 5.42. The van der Waals surface area contributed by atoms with Crippen molar-refractivity contribution >= 4 is 23.0 Å². The van der Waals surface area contributed by atoms with E-state index in [2.05, 4.69) is 22.5 Å². The van der Waals surface area contributed by atoms with E-state index in [0.29, 0.717) is 17.8 Å². The molecule has 0 radical (unpaired) electrons. The Kier molecular flexibility index (Phi) is 6.26. The molecule has 1 aromatic rings. The predicted molar refractivity (Wildman–Crippen MR) is 92.1 cm³/mol. The molecule has 116 valence electrons. The van der Waals surface area contributed by atoms with Crippen LogP contribution in [0.5, 0.6) is 5.75 Å². The molecule has 1 fully saturated rings. The number of hydrogen-bond donors (Lipinski definition) is 2. The molecule has 4 nitrogen and oxygen atoms in total. The first-order chi connectivity index (χ1) is 10.2. The summed E-state index contributed by atoms with van der Waals surface area (Å²) in [4.78, 5) is 2.51. The molecule has 5 heteroatoms. The highest BCUT2D eigenvalue weighted by Crippen LogP contribution is 2.17. The Morgan fingerprint density at radius 2 is 2.10 bits per heavy atom. The smallest absolute Gasteiger partial charge is 0.170 e. The van der Waals surface area contributed by atoms with Gasteiger partial charge in [0.2, 0.25) is 0 Å². The molecule has 1 saturated heterocycles. The van der Waals surface area contributed by atoms with E-state index in [1.54, 1.807) is 0 Å². The standard InChI is InChI=1S/C16H25N3OS/c1-3-19-11-5-6-14(19)12-17-16(21)18-13-7-9-15(10-8-13)20-4-2/h7-10,14H,3-6,11-12H2,1-2H3,(H2,17,18,21). The highest BCUT2D eigenvalue weighted by Gasteiger charge is 2.22. The molecule has 1 aliphatic heterocycles. The second-order valence-electron chi connectivity index (χ2n) is 5.22. The highest BCUT2D eigenvalue weighted by molar-refractivity contribution is 7.80. The maximum absolute atomic E-state index is 5.42. The minimum absolute atomic E-state index is 0.607. The Morgan fingerprint density at radius 1 is 1.33 bits per heavy atom. The molecule has 0 saturated carbocycles. The van der Waals surface area contributed by atoms with Crippen molar-refractivity contribution < 1.29 is 4.74 Å². The van der Waals surface area contributed by atoms with Gasteiger partial charge < -0.3 is 15.4 Å². The van der Waals surface area contributed by atoms with Crippen molar-refractivity contribution in [2.45, 2.75) is 32.7 Å². The van der Waals surface area contributed by atoms with Crippen LogP contribution in [-0.4, -0.2) is 42.3 Å². The summed E-state index contributed by atoms with van der Waals surface area (Å²) in [6.07, 6.45) is 2.55. The lowest BCUT2D eigenvalue weighted by molar-refractivity contribution is 0.267. The fourth-order valence-corrected chi connectivity index (χ4v) is 2.93. The summed E-state index contributed by atoms with van der Waals surface area (Å²) >= 11 is 5.36. The molecule has 21 heavy (non-hydrogen) atoms. The molecule has 1 atom stereocenters. The lowest BCUT2D eigenvalue weighted by atomic mass is 10.2. The van der Waals surface area contributed by atoms with Crippen LogP contribution in [0, 0.1) is 0 Å². The van der Waals surface area contributed by atoms with Gasteiger partial charge in [0, 0.05) is 18.3 Å². The van der Waals surface area contributed by atoms with Crippen molar-refractivity contribution in [1.82, 2.24) is 10.2 Å². The van der Waals surface area contributed by atoms with Gasteiger partial charge in [0.05, 0.1) is 6.61 Å². The second kappa shape index (κ2) is 8.20. The normalized spacial score (nSPS) is 18.5. The van der Waals surface area contributed by atoms with Gasteiger partial charge in [-0.15, -0.1) is 0 Å². The van der Waals surface area contributed by atoms with E-state index in [0.717, 1.165) is 24.5 Å². The fraction of sp³-hybridized carbons (Fsp3) is 0.562. The van der Waals surface area contributed by atoms with Crippen molar-refractivity contribution in [1.29, 1.82) is 0 Å². The maximum Gasteiger partial charge on any atom is 0.170 e. The third kappa shape index (κ3) is 4.86. The Bertz CT molecular complexity index is 449. The zero-order chi connectivity index (χ0) is 15.1. The largest absolute Gasteiger partial charge is 0.494 e. The average Bonchev–Trinajstić information content (AvgIpc) is 2.95. The molecule has 1 unspecified atom stereocenters. The van der Waals surface area contributed by atoms with Crippen molar-refractivity contribution in [2.24, 2.45) is 0 Å². The van der Waals surface area contributed by atoms with Crippen LogP contribution in [0.25, 0.3) is 0 Å². The molecule has 1 aliphatic rings. The summed E-state index contributed by atoms with van der Waals surface area (Å²) in [7, 11) is 0. The van der Waals surface area contributed by atoms with Gasteiger partial charge in [-0.25, -0.2) is 0 Å². The molecule has 0 aromatic heterocycles. The zero-order valence-electron chi connectivity index (χ0n) is 12.9. The number of ether oxygens (including phenoxy) is 1. The summed E-state index contributed by atoms with van der Waals surface area (Å²) in [5, 5.41) is 7.22. The first-order valence-corrected chi connectivity index (χ1v) is 8.15. The van der Waals surface area contributed by atoms with Crippen LogP contribution < -0.4 is 15.4 Å². The van der Waals surface area contributed by atoms with E-state index in [4.69, 9.17) is 17.0 Å². The van der Waals surface area contributed by atoms with Crippen LogP contribution in [-0.2, 0) is 0 Å². The number of rotatable bonds is 6. The zero-order valence-corrected chi connectivity index (χ0v) is 13.7. The highest BCUT2D eigenvalue weighted by atomic mass is 32.1. The second-order valence-corrected chi connectivity index (χ2v) is 5.63. The first kappa shape index (κ1) is 16.0. The number of nitrogens with one attached hydrogen (secondary N) is 2. The number of thiocarbonyl (C=S) groups is 1. The van der Waals surface area contributed by atoms with E-state index >= 15 is 0 Å². The van der Waals surface area contributed by atoms with Crippen molar-refractivity contribution in [2.75, 3.05) is 31.6 Å². The van der Waals surface area contributed by atoms with E-state index < -0.39 is 0 Å². The van der Waals surface area contributed by atoms with E-state index in [1.165, 1.54) is 19.4 Å². The Morgan fingerprint density at radius 3 is 2.76 bits per heavy atom. The van der Waals surface area contributed by atoms with Gasteiger partial charge in [-0.1, -0.05) is 6.92 Å². The molecule has 1 aromatic carbocycles. The molecule has 0 spiro atoms. The lowest BCUT2D eigenvalue weighted by Crippen LogP contribution is -2.41. The monoisotopic (exact) mass is 307 g/mol. The number of benzene rings is 1. The molecule has 0 aliphatic carbocycles. The lowest BCUT2D eigenvalue weighted by Gasteiger charge is -2.23. The molecule has 2 rings (SSSR count). The topological polar surface area (TPSA) is 36.5 Å². The summed E-state index contributed by atoms with van der Waals surface area (Å²) in [5.74, 6) is 0.881. The molecule has 1 heterocycles. The fourth-order valence-electron chi connectivity index (χ4n) is 2.73. The molecular formula is C16H25N3OS. The van der Waals surface area contributed by atoms with Crippen LogP contribution in [0.15, 0.2) is 24.3 Å². The molecule has 2 N–H and O–H groups in total. The van der Waals surface area contributed by atoms with Crippen LogP contribution in [0.1, 0.15) is 26.7 Å². The predicted octanol–water partition coefficient (Wildman–Crippen LogP) is 2.86. The summed E-state index contributed by atoms with van der Waals surface area (Å²) in [6.45, 7) is 8.12. The number of likely N-dealkylation sites (tertiary alicyclic amines) is 1. The van der Waals surface area contributed by atoms with E-state index in [9.17, 15) is 0 Å². The summed E-state index contributed by atoms with van der Waals surface area (Å²) in [5.41, 5.74) is 0.981. The Hall–Kier alpha value is -1.33. The van der Waals surface area contributed by atoms with Crippen molar-refractivity contribution in [3.63, 3.8) is 0 Å². The summed E-state index contributed by atoms with van der Waals surface area (Å²) in [6, 6.07) is 8.46. The number of likely N-dealkylation sites (N-methyl/N-ethyl adjacent to an activating group) is 1. The van der Waals surface area contributed by atoms with Gasteiger partial charge in [0.15, 0.2) is 5.11 Å². The Labute approximate surface area is 132 Å². The molecule has 0 bridgehead atoms. The van der Waals surface area contributed by atoms with Gasteiger partial charge in [0.25, 0.3) is 0 Å². The minimum atomic E-state index is 0.607. The van der Waals surface area contributed by atoms with Gasteiger partial charge in [0.1, 0.15) is 5.75 Å². The third-order valence-electron chi connectivity index (χ3n) is 3.83. The van der Waals surface area contributed by atoms with E-state index in [-0.39, 0.29) is 0 Å². The van der Waals surface area contributed by atoms with Gasteiger partial charge in [-0.3, -0.25) is 4.90 Å².